The van der Waals surface area contributed by atoms with E-state index in [1.165, 1.54) is 6.42 Å². The van der Waals surface area contributed by atoms with Gasteiger partial charge in [-0.25, -0.2) is 0 Å². The van der Waals surface area contributed by atoms with Gasteiger partial charge in [0.15, 0.2) is 0 Å². The zero-order valence-corrected chi connectivity index (χ0v) is 7.63. The Balaban J connectivity index is 3.28. The van der Waals surface area contributed by atoms with E-state index in [-0.39, 0.29) is 4.87 Å². The lowest BCUT2D eigenvalue weighted by Crippen LogP contribution is -2.10. The van der Waals surface area contributed by atoms with Gasteiger partial charge in [-0.2, -0.15) is 0 Å². The molecule has 0 radical (unpaired) electrons. The molecule has 0 N–H and O–H groups in total. The standard InChI is InChI=1S/C8H17Cl/c1-7(2)5-6-8(3,4)9/h7H,5-6H2,1-4H3. The summed E-state index contributed by atoms with van der Waals surface area (Å²) in [6, 6.07) is 0. The van der Waals surface area contributed by atoms with E-state index in [1.807, 2.05) is 0 Å². The van der Waals surface area contributed by atoms with Gasteiger partial charge < -0.3 is 0 Å². The molecule has 1 heteroatoms. The van der Waals surface area contributed by atoms with Crippen molar-refractivity contribution in [3.63, 3.8) is 0 Å². The van der Waals surface area contributed by atoms with Gasteiger partial charge in [-0.05, 0) is 32.6 Å². The first kappa shape index (κ1) is 9.29. The predicted octanol–water partition coefficient (Wildman–Crippen LogP) is 3.44. The molecule has 0 unspecified atom stereocenters. The molecule has 0 nitrogen and oxygen atoms in total. The molecule has 0 aliphatic rings. The summed E-state index contributed by atoms with van der Waals surface area (Å²) >= 11 is 5.98. The van der Waals surface area contributed by atoms with Gasteiger partial charge in [0, 0.05) is 4.87 Å². The smallest absolute Gasteiger partial charge is 0.0390 e. The summed E-state index contributed by atoms with van der Waals surface area (Å²) in [5, 5.41) is 0. The van der Waals surface area contributed by atoms with Crippen molar-refractivity contribution in [2.24, 2.45) is 5.92 Å². The molecular formula is C8H17Cl. The van der Waals surface area contributed by atoms with Crippen LogP contribution < -0.4 is 0 Å². The van der Waals surface area contributed by atoms with E-state index in [2.05, 4.69) is 27.7 Å². The maximum absolute atomic E-state index is 5.98. The van der Waals surface area contributed by atoms with Crippen LogP contribution >= 0.6 is 11.6 Å². The van der Waals surface area contributed by atoms with E-state index in [0.717, 1.165) is 12.3 Å². The van der Waals surface area contributed by atoms with Crippen molar-refractivity contribution in [1.82, 2.24) is 0 Å². The molecular weight excluding hydrogens is 132 g/mol. The van der Waals surface area contributed by atoms with Crippen molar-refractivity contribution >= 4 is 11.6 Å². The second-order valence-electron chi connectivity index (χ2n) is 3.65. The van der Waals surface area contributed by atoms with Crippen molar-refractivity contribution in [1.29, 1.82) is 0 Å². The average Bonchev–Trinajstić information content (AvgIpc) is 1.59. The summed E-state index contributed by atoms with van der Waals surface area (Å²) in [4.78, 5) is 0.00424. The Morgan fingerprint density at radius 2 is 1.78 bits per heavy atom. The highest BCUT2D eigenvalue weighted by Gasteiger charge is 2.12. The second kappa shape index (κ2) is 3.46. The molecule has 9 heavy (non-hydrogen) atoms. The van der Waals surface area contributed by atoms with Crippen LogP contribution in [0.2, 0.25) is 0 Å². The molecule has 0 atom stereocenters. The summed E-state index contributed by atoms with van der Waals surface area (Å²) in [6.07, 6.45) is 2.35. The number of halogens is 1. The van der Waals surface area contributed by atoms with Crippen LogP contribution in [0.1, 0.15) is 40.5 Å². The van der Waals surface area contributed by atoms with Gasteiger partial charge in [-0.15, -0.1) is 11.6 Å². The van der Waals surface area contributed by atoms with E-state index >= 15 is 0 Å². The zero-order chi connectivity index (χ0) is 7.49. The number of hydrogen-bond acceptors (Lipinski definition) is 0. The summed E-state index contributed by atoms with van der Waals surface area (Å²) < 4.78 is 0. The van der Waals surface area contributed by atoms with Crippen LogP contribution in [-0.2, 0) is 0 Å². The molecule has 0 saturated heterocycles. The van der Waals surface area contributed by atoms with E-state index in [1.54, 1.807) is 0 Å². The minimum atomic E-state index is 0.00424. The summed E-state index contributed by atoms with van der Waals surface area (Å²) in [5.41, 5.74) is 0. The molecule has 0 aromatic heterocycles. The normalized spacial score (nSPS) is 12.7. The molecule has 0 rings (SSSR count). The van der Waals surface area contributed by atoms with E-state index in [9.17, 15) is 0 Å². The molecule has 0 amide bonds. The lowest BCUT2D eigenvalue weighted by molar-refractivity contribution is 0.496. The lowest BCUT2D eigenvalue weighted by atomic mass is 10.0. The highest BCUT2D eigenvalue weighted by atomic mass is 35.5. The molecule has 0 spiro atoms. The monoisotopic (exact) mass is 148 g/mol. The summed E-state index contributed by atoms with van der Waals surface area (Å²) in [5.74, 6) is 0.781. The molecule has 0 heterocycles. The lowest BCUT2D eigenvalue weighted by Gasteiger charge is -2.16. The van der Waals surface area contributed by atoms with Crippen molar-refractivity contribution in [2.75, 3.05) is 0 Å². The Labute approximate surface area is 63.6 Å². The van der Waals surface area contributed by atoms with Crippen LogP contribution in [0.4, 0.5) is 0 Å². The Morgan fingerprint density at radius 1 is 1.33 bits per heavy atom. The molecule has 0 aromatic rings. The fourth-order valence-electron chi connectivity index (χ4n) is 0.632. The van der Waals surface area contributed by atoms with Crippen LogP contribution in [0.15, 0.2) is 0 Å². The third kappa shape index (κ3) is 8.29. The van der Waals surface area contributed by atoms with Gasteiger partial charge in [-0.3, -0.25) is 0 Å². The molecule has 0 bridgehead atoms. The summed E-state index contributed by atoms with van der Waals surface area (Å²) in [7, 11) is 0. The fraction of sp³-hybridized carbons (Fsp3) is 1.00. The van der Waals surface area contributed by atoms with E-state index < -0.39 is 0 Å². The Kier molecular flexibility index (Phi) is 3.57. The van der Waals surface area contributed by atoms with Gasteiger partial charge in [0.05, 0.1) is 0 Å². The van der Waals surface area contributed by atoms with Gasteiger partial charge in [0.2, 0.25) is 0 Å². The Hall–Kier alpha value is 0.290. The molecule has 0 aliphatic heterocycles. The van der Waals surface area contributed by atoms with E-state index in [0.29, 0.717) is 0 Å². The SMILES string of the molecule is CC(C)CCC(C)(C)Cl. The first-order valence-electron chi connectivity index (χ1n) is 3.61. The molecule has 56 valence electrons. The second-order valence-corrected chi connectivity index (χ2v) is 4.67. The van der Waals surface area contributed by atoms with Crippen LogP contribution in [0, 0.1) is 5.92 Å². The Bertz CT molecular complexity index is 69.1. The maximum Gasteiger partial charge on any atom is 0.0390 e. The summed E-state index contributed by atoms with van der Waals surface area (Å²) in [6.45, 7) is 8.58. The Morgan fingerprint density at radius 3 is 1.89 bits per heavy atom. The van der Waals surface area contributed by atoms with Gasteiger partial charge in [0.1, 0.15) is 0 Å². The largest absolute Gasteiger partial charge is 0.120 e. The molecule has 0 aliphatic carbocycles. The predicted molar refractivity (Wildman–Crippen MR) is 44.0 cm³/mol. The number of rotatable bonds is 3. The quantitative estimate of drug-likeness (QED) is 0.538. The first-order valence-corrected chi connectivity index (χ1v) is 3.98. The van der Waals surface area contributed by atoms with Crippen LogP contribution in [0.3, 0.4) is 0 Å². The van der Waals surface area contributed by atoms with Gasteiger partial charge in [0.25, 0.3) is 0 Å². The third-order valence-corrected chi connectivity index (χ3v) is 1.51. The molecule has 0 fully saturated rings. The topological polar surface area (TPSA) is 0 Å². The minimum Gasteiger partial charge on any atom is -0.120 e. The van der Waals surface area contributed by atoms with Crippen LogP contribution in [-0.4, -0.2) is 4.87 Å². The van der Waals surface area contributed by atoms with Crippen molar-refractivity contribution in [2.45, 2.75) is 45.4 Å². The van der Waals surface area contributed by atoms with Gasteiger partial charge >= 0.3 is 0 Å². The highest BCUT2D eigenvalue weighted by Crippen LogP contribution is 2.21. The van der Waals surface area contributed by atoms with Crippen molar-refractivity contribution in [3.05, 3.63) is 0 Å². The highest BCUT2D eigenvalue weighted by molar-refractivity contribution is 6.23. The minimum absolute atomic E-state index is 0.00424. The van der Waals surface area contributed by atoms with Crippen LogP contribution in [0.25, 0.3) is 0 Å². The number of alkyl halides is 1. The third-order valence-electron chi connectivity index (χ3n) is 1.32. The van der Waals surface area contributed by atoms with Gasteiger partial charge in [-0.1, -0.05) is 13.8 Å². The fourth-order valence-corrected chi connectivity index (χ4v) is 0.741. The van der Waals surface area contributed by atoms with Crippen molar-refractivity contribution < 1.29 is 0 Å². The van der Waals surface area contributed by atoms with Crippen LogP contribution in [0.5, 0.6) is 0 Å². The zero-order valence-electron chi connectivity index (χ0n) is 6.87. The average molecular weight is 149 g/mol. The molecule has 0 saturated carbocycles. The van der Waals surface area contributed by atoms with Crippen molar-refractivity contribution in [3.8, 4) is 0 Å². The molecule has 0 aromatic carbocycles. The number of hydrogen-bond donors (Lipinski definition) is 0. The van der Waals surface area contributed by atoms with E-state index in [4.69, 9.17) is 11.6 Å². The first-order chi connectivity index (χ1) is 3.92. The maximum atomic E-state index is 5.98.